The van der Waals surface area contributed by atoms with Crippen molar-refractivity contribution in [2.45, 2.75) is 12.9 Å². The number of carbonyl (C=O) groups is 1. The predicted octanol–water partition coefficient (Wildman–Crippen LogP) is 7.17. The number of hydrogen-bond donors (Lipinski definition) is 1. The number of rotatable bonds is 11. The van der Waals surface area contributed by atoms with Crippen molar-refractivity contribution in [2.75, 3.05) is 7.11 Å². The fourth-order valence-electron chi connectivity index (χ4n) is 3.25. The number of hydrogen-bond acceptors (Lipinski definition) is 6. The van der Waals surface area contributed by atoms with Crippen LogP contribution >= 0.6 is 34.8 Å². The molecule has 200 valence electrons. The van der Waals surface area contributed by atoms with Crippen LogP contribution in [0, 0.1) is 0 Å². The van der Waals surface area contributed by atoms with Gasteiger partial charge in [-0.2, -0.15) is 5.10 Å². The molecule has 0 aromatic heterocycles. The first-order chi connectivity index (χ1) is 18.9. The molecule has 0 heterocycles. The molecule has 0 spiro atoms. The van der Waals surface area contributed by atoms with Gasteiger partial charge in [0.25, 0.3) is 0 Å². The van der Waals surface area contributed by atoms with Gasteiger partial charge in [-0.1, -0.05) is 46.9 Å². The summed E-state index contributed by atoms with van der Waals surface area (Å²) < 4.78 is 22.8. The topological polar surface area (TPSA) is 78.4 Å². The highest BCUT2D eigenvalue weighted by Gasteiger charge is 2.23. The Morgan fingerprint density at radius 2 is 1.33 bits per heavy atom. The molecule has 0 aliphatic rings. The Labute approximate surface area is 240 Å². The number of hydrazone groups is 1. The third kappa shape index (κ3) is 8.55. The monoisotopic (exact) mass is 584 g/mol. The van der Waals surface area contributed by atoms with Gasteiger partial charge in [-0.15, -0.1) is 0 Å². The number of methoxy groups -OCH3 is 1. The summed E-state index contributed by atoms with van der Waals surface area (Å²) in [5.41, 5.74) is 4.07. The van der Waals surface area contributed by atoms with Gasteiger partial charge in [0.2, 0.25) is 0 Å². The number of nitrogens with one attached hydrogen (secondary N) is 1. The first-order valence-electron chi connectivity index (χ1n) is 11.6. The Balaban J connectivity index is 1.41. The summed E-state index contributed by atoms with van der Waals surface area (Å²) in [6.45, 7) is 0.347. The zero-order valence-electron chi connectivity index (χ0n) is 20.6. The van der Waals surface area contributed by atoms with Crippen molar-refractivity contribution in [1.29, 1.82) is 0 Å². The second kappa shape index (κ2) is 13.8. The molecule has 0 atom stereocenters. The average Bonchev–Trinajstić information content (AvgIpc) is 2.95. The molecule has 0 bridgehead atoms. The van der Waals surface area contributed by atoms with Crippen molar-refractivity contribution < 1.29 is 23.7 Å². The van der Waals surface area contributed by atoms with E-state index in [2.05, 4.69) is 10.5 Å². The molecule has 4 rings (SSSR count). The largest absolute Gasteiger partial charge is 0.493 e. The second-order valence-electron chi connectivity index (χ2n) is 8.04. The normalized spacial score (nSPS) is 10.9. The molecule has 39 heavy (non-hydrogen) atoms. The van der Waals surface area contributed by atoms with Crippen LogP contribution in [0.1, 0.15) is 11.1 Å². The first kappa shape index (κ1) is 28.1. The maximum Gasteiger partial charge on any atom is 0.323 e. The van der Waals surface area contributed by atoms with Crippen LogP contribution in [0.15, 0.2) is 96.1 Å². The molecule has 0 fully saturated rings. The lowest BCUT2D eigenvalue weighted by atomic mass is 10.2. The number of halogens is 3. The third-order valence-corrected chi connectivity index (χ3v) is 5.97. The van der Waals surface area contributed by atoms with Crippen molar-refractivity contribution >= 4 is 46.9 Å². The Morgan fingerprint density at radius 1 is 0.795 bits per heavy atom. The number of carbonyl (C=O) groups excluding carboxylic acids is 1. The molecule has 10 heteroatoms. The van der Waals surface area contributed by atoms with Crippen LogP contribution in [0.2, 0.25) is 15.1 Å². The van der Waals surface area contributed by atoms with E-state index in [1.165, 1.54) is 6.21 Å². The molecule has 0 aliphatic carbocycles. The second-order valence-corrected chi connectivity index (χ2v) is 9.34. The van der Waals surface area contributed by atoms with Gasteiger partial charge in [-0.05, 0) is 90.0 Å². The summed E-state index contributed by atoms with van der Waals surface area (Å²) in [7, 11) is 1.54. The quantitative estimate of drug-likeness (QED) is 0.115. The maximum atomic E-state index is 12.9. The lowest BCUT2D eigenvalue weighted by Gasteiger charge is -2.19. The fourth-order valence-corrected chi connectivity index (χ4v) is 3.63. The Bertz CT molecular complexity index is 1370. The molecular weight excluding hydrogens is 563 g/mol. The lowest BCUT2D eigenvalue weighted by Crippen LogP contribution is -2.40. The minimum atomic E-state index is -1.34. The van der Waals surface area contributed by atoms with Gasteiger partial charge in [-0.3, -0.25) is 4.79 Å². The molecular formula is C29H23Cl3N2O5. The standard InChI is InChI=1S/C29H23Cl3N2O5/c1-36-27-16-20(4-15-26(27)37-18-19-2-5-21(30)6-3-19)17-33-34-28(35)29(38-24-11-7-22(31)8-12-24)39-25-13-9-23(32)10-14-25/h2-17,29H,18H2,1H3,(H,34,35). The van der Waals surface area contributed by atoms with Gasteiger partial charge in [-0.25, -0.2) is 5.43 Å². The van der Waals surface area contributed by atoms with E-state index in [0.29, 0.717) is 50.2 Å². The van der Waals surface area contributed by atoms with E-state index in [9.17, 15) is 4.79 Å². The van der Waals surface area contributed by atoms with E-state index in [1.807, 2.05) is 12.1 Å². The summed E-state index contributed by atoms with van der Waals surface area (Å²) in [6.07, 6.45) is 0.119. The third-order valence-electron chi connectivity index (χ3n) is 5.21. The summed E-state index contributed by atoms with van der Waals surface area (Å²) in [5.74, 6) is 1.20. The molecule has 0 aliphatic heterocycles. The minimum absolute atomic E-state index is 0.347. The van der Waals surface area contributed by atoms with Gasteiger partial charge >= 0.3 is 12.2 Å². The number of benzene rings is 4. The highest BCUT2D eigenvalue weighted by atomic mass is 35.5. The molecule has 7 nitrogen and oxygen atoms in total. The van der Waals surface area contributed by atoms with Crippen molar-refractivity contribution in [3.05, 3.63) is 117 Å². The summed E-state index contributed by atoms with van der Waals surface area (Å²) in [5, 5.41) is 5.77. The fraction of sp³-hybridized carbons (Fsp3) is 0.103. The van der Waals surface area contributed by atoms with E-state index in [4.69, 9.17) is 53.8 Å². The Hall–Kier alpha value is -3.91. The minimum Gasteiger partial charge on any atom is -0.493 e. The number of ether oxygens (including phenoxy) is 4. The smallest absolute Gasteiger partial charge is 0.323 e. The molecule has 1 N–H and O–H groups in total. The molecule has 4 aromatic carbocycles. The highest BCUT2D eigenvalue weighted by Crippen LogP contribution is 2.28. The van der Waals surface area contributed by atoms with Crippen molar-refractivity contribution in [1.82, 2.24) is 5.43 Å². The number of nitrogens with zero attached hydrogens (tertiary/aromatic N) is 1. The predicted molar refractivity (Wildman–Crippen MR) is 152 cm³/mol. The zero-order valence-corrected chi connectivity index (χ0v) is 22.9. The molecule has 1 amide bonds. The average molecular weight is 586 g/mol. The van der Waals surface area contributed by atoms with E-state index < -0.39 is 12.2 Å². The van der Waals surface area contributed by atoms with Crippen LogP contribution in [0.5, 0.6) is 23.0 Å². The Morgan fingerprint density at radius 3 is 1.87 bits per heavy atom. The number of amides is 1. The molecule has 0 radical (unpaired) electrons. The van der Waals surface area contributed by atoms with Gasteiger partial charge in [0.1, 0.15) is 18.1 Å². The van der Waals surface area contributed by atoms with Crippen molar-refractivity contribution in [3.63, 3.8) is 0 Å². The summed E-state index contributed by atoms with van der Waals surface area (Å²) >= 11 is 17.8. The van der Waals surface area contributed by atoms with Crippen LogP contribution in [0.3, 0.4) is 0 Å². The van der Waals surface area contributed by atoms with E-state index >= 15 is 0 Å². The van der Waals surface area contributed by atoms with Crippen LogP contribution < -0.4 is 24.4 Å². The van der Waals surface area contributed by atoms with Crippen LogP contribution in [0.25, 0.3) is 0 Å². The molecule has 4 aromatic rings. The SMILES string of the molecule is COc1cc(C=NNC(=O)C(Oc2ccc(Cl)cc2)Oc2ccc(Cl)cc2)ccc1OCc1ccc(Cl)cc1. The zero-order chi connectivity index (χ0) is 27.6. The van der Waals surface area contributed by atoms with Crippen LogP contribution in [-0.4, -0.2) is 25.5 Å². The van der Waals surface area contributed by atoms with E-state index in [0.717, 1.165) is 5.56 Å². The van der Waals surface area contributed by atoms with E-state index in [1.54, 1.807) is 86.0 Å². The van der Waals surface area contributed by atoms with Gasteiger partial charge in [0.05, 0.1) is 13.3 Å². The van der Waals surface area contributed by atoms with Crippen molar-refractivity contribution in [2.24, 2.45) is 5.10 Å². The van der Waals surface area contributed by atoms with Crippen molar-refractivity contribution in [3.8, 4) is 23.0 Å². The molecule has 0 saturated heterocycles. The molecule has 0 unspecified atom stereocenters. The van der Waals surface area contributed by atoms with E-state index in [-0.39, 0.29) is 0 Å². The van der Waals surface area contributed by atoms with Crippen LogP contribution in [-0.2, 0) is 11.4 Å². The van der Waals surface area contributed by atoms with Gasteiger partial charge in [0, 0.05) is 15.1 Å². The highest BCUT2D eigenvalue weighted by molar-refractivity contribution is 6.31. The summed E-state index contributed by atoms with van der Waals surface area (Å²) in [6, 6.07) is 25.7. The van der Waals surface area contributed by atoms with Gasteiger partial charge < -0.3 is 18.9 Å². The first-order valence-corrected chi connectivity index (χ1v) is 12.8. The van der Waals surface area contributed by atoms with Gasteiger partial charge in [0.15, 0.2) is 11.5 Å². The van der Waals surface area contributed by atoms with Crippen LogP contribution in [0.4, 0.5) is 0 Å². The maximum absolute atomic E-state index is 12.9. The Kier molecular flexibility index (Phi) is 9.91. The lowest BCUT2D eigenvalue weighted by molar-refractivity contribution is -0.140. The molecule has 0 saturated carbocycles. The summed E-state index contributed by atoms with van der Waals surface area (Å²) in [4.78, 5) is 12.9.